The van der Waals surface area contributed by atoms with Crippen molar-refractivity contribution in [2.75, 3.05) is 32.7 Å². The minimum Gasteiger partial charge on any atom is -0.370 e. The van der Waals surface area contributed by atoms with E-state index in [1.54, 1.807) is 0 Å². The lowest BCUT2D eigenvalue weighted by Crippen LogP contribution is -2.37. The van der Waals surface area contributed by atoms with Gasteiger partial charge in [-0.25, -0.2) is 0 Å². The number of hydrogen-bond donors (Lipinski definition) is 2. The third-order valence-electron chi connectivity index (χ3n) is 4.13. The van der Waals surface area contributed by atoms with Gasteiger partial charge in [0, 0.05) is 19.6 Å². The van der Waals surface area contributed by atoms with E-state index >= 15 is 0 Å². The molecule has 1 saturated carbocycles. The van der Waals surface area contributed by atoms with Crippen molar-refractivity contribution < 1.29 is 0 Å². The maximum atomic E-state index is 5.87. The number of rotatable bonds is 5. The molecule has 2 fully saturated rings. The third kappa shape index (κ3) is 4.91. The minimum absolute atomic E-state index is 0. The van der Waals surface area contributed by atoms with Crippen molar-refractivity contribution in [1.29, 1.82) is 0 Å². The number of likely N-dealkylation sites (tertiary alicyclic amines) is 1. The van der Waals surface area contributed by atoms with Crippen molar-refractivity contribution in [2.24, 2.45) is 22.6 Å². The van der Waals surface area contributed by atoms with Crippen LogP contribution in [0, 0.1) is 11.8 Å². The Morgan fingerprint density at radius 1 is 1.33 bits per heavy atom. The van der Waals surface area contributed by atoms with E-state index in [1.165, 1.54) is 38.8 Å². The second kappa shape index (κ2) is 8.19. The molecule has 1 saturated heterocycles. The average molecular weight is 366 g/mol. The van der Waals surface area contributed by atoms with Crippen molar-refractivity contribution in [2.45, 2.75) is 32.6 Å². The second-order valence-electron chi connectivity index (χ2n) is 5.45. The summed E-state index contributed by atoms with van der Waals surface area (Å²) in [4.78, 5) is 6.95. The molecule has 0 spiro atoms. The van der Waals surface area contributed by atoms with Gasteiger partial charge in [0.05, 0.1) is 0 Å². The van der Waals surface area contributed by atoms with Gasteiger partial charge in [-0.1, -0.05) is 13.3 Å². The molecule has 0 amide bonds. The molecule has 1 unspecified atom stereocenters. The van der Waals surface area contributed by atoms with Crippen LogP contribution in [-0.4, -0.2) is 43.6 Å². The molecule has 0 aromatic carbocycles. The molecule has 0 bridgehead atoms. The van der Waals surface area contributed by atoms with Crippen molar-refractivity contribution in [1.82, 2.24) is 10.2 Å². The normalized spacial score (nSPS) is 25.6. The van der Waals surface area contributed by atoms with Gasteiger partial charge in [-0.2, -0.15) is 0 Å². The van der Waals surface area contributed by atoms with E-state index in [2.05, 4.69) is 22.1 Å². The molecule has 18 heavy (non-hydrogen) atoms. The number of nitrogens with one attached hydrogen (secondary N) is 1. The second-order valence-corrected chi connectivity index (χ2v) is 5.45. The molecule has 0 aromatic heterocycles. The van der Waals surface area contributed by atoms with E-state index in [9.17, 15) is 0 Å². The number of guanidine groups is 1. The SMILES string of the molecule is CCN1CCC(CN=C(N)NCC2CCC2)C1.I. The molecule has 1 aliphatic carbocycles. The maximum Gasteiger partial charge on any atom is 0.188 e. The van der Waals surface area contributed by atoms with E-state index in [1.807, 2.05) is 0 Å². The van der Waals surface area contributed by atoms with Gasteiger partial charge in [0.25, 0.3) is 0 Å². The van der Waals surface area contributed by atoms with Crippen LogP contribution in [0.25, 0.3) is 0 Å². The maximum absolute atomic E-state index is 5.87. The molecule has 106 valence electrons. The predicted molar refractivity (Wildman–Crippen MR) is 87.5 cm³/mol. The number of aliphatic imine (C=N–C) groups is 1. The molecule has 1 heterocycles. The lowest BCUT2D eigenvalue weighted by Gasteiger charge is -2.25. The Morgan fingerprint density at radius 3 is 2.67 bits per heavy atom. The molecule has 0 radical (unpaired) electrons. The van der Waals surface area contributed by atoms with Gasteiger partial charge >= 0.3 is 0 Å². The van der Waals surface area contributed by atoms with Crippen LogP contribution in [0.3, 0.4) is 0 Å². The number of nitrogens with zero attached hydrogens (tertiary/aromatic N) is 2. The summed E-state index contributed by atoms with van der Waals surface area (Å²) in [5.41, 5.74) is 5.87. The van der Waals surface area contributed by atoms with Crippen LogP contribution in [0.5, 0.6) is 0 Å². The highest BCUT2D eigenvalue weighted by molar-refractivity contribution is 14.0. The molecular formula is C13H27IN4. The minimum atomic E-state index is 0. The van der Waals surface area contributed by atoms with Crippen molar-refractivity contribution >= 4 is 29.9 Å². The lowest BCUT2D eigenvalue weighted by atomic mass is 9.85. The topological polar surface area (TPSA) is 53.6 Å². The molecule has 5 heteroatoms. The molecular weight excluding hydrogens is 339 g/mol. The zero-order chi connectivity index (χ0) is 12.1. The lowest BCUT2D eigenvalue weighted by molar-refractivity contribution is 0.315. The van der Waals surface area contributed by atoms with E-state index in [0.29, 0.717) is 11.9 Å². The van der Waals surface area contributed by atoms with E-state index in [4.69, 9.17) is 5.73 Å². The van der Waals surface area contributed by atoms with Crippen molar-refractivity contribution in [3.05, 3.63) is 0 Å². The fraction of sp³-hybridized carbons (Fsp3) is 0.923. The van der Waals surface area contributed by atoms with Crippen LogP contribution in [0.4, 0.5) is 0 Å². The van der Waals surface area contributed by atoms with Crippen LogP contribution in [0.1, 0.15) is 32.6 Å². The monoisotopic (exact) mass is 366 g/mol. The zero-order valence-corrected chi connectivity index (χ0v) is 13.7. The predicted octanol–water partition coefficient (Wildman–Crippen LogP) is 1.65. The van der Waals surface area contributed by atoms with Crippen molar-refractivity contribution in [3.63, 3.8) is 0 Å². The highest BCUT2D eigenvalue weighted by atomic mass is 127. The average Bonchev–Trinajstić information content (AvgIpc) is 2.72. The fourth-order valence-corrected chi connectivity index (χ4v) is 2.58. The summed E-state index contributed by atoms with van der Waals surface area (Å²) in [6.45, 7) is 7.71. The Kier molecular flexibility index (Phi) is 7.29. The highest BCUT2D eigenvalue weighted by Gasteiger charge is 2.20. The van der Waals surface area contributed by atoms with Gasteiger partial charge < -0.3 is 16.0 Å². The van der Waals surface area contributed by atoms with Crippen LogP contribution in [0.15, 0.2) is 4.99 Å². The number of nitrogens with two attached hydrogens (primary N) is 1. The first-order valence-corrected chi connectivity index (χ1v) is 7.04. The van der Waals surface area contributed by atoms with Crippen LogP contribution >= 0.6 is 24.0 Å². The van der Waals surface area contributed by atoms with Gasteiger partial charge in [-0.15, -0.1) is 24.0 Å². The first kappa shape index (κ1) is 16.0. The summed E-state index contributed by atoms with van der Waals surface area (Å²) in [5, 5.41) is 3.25. The molecule has 0 aromatic rings. The standard InChI is InChI=1S/C13H26N4.HI/c1-2-17-7-6-12(10-17)9-16-13(14)15-8-11-4-3-5-11;/h11-12H,2-10H2,1H3,(H3,14,15,16);1H. The van der Waals surface area contributed by atoms with Gasteiger partial charge in [0.15, 0.2) is 5.96 Å². The Labute approximate surface area is 128 Å². The molecule has 2 aliphatic rings. The molecule has 1 aliphatic heterocycles. The largest absolute Gasteiger partial charge is 0.370 e. The number of halogens is 1. The van der Waals surface area contributed by atoms with Crippen LogP contribution in [0.2, 0.25) is 0 Å². The van der Waals surface area contributed by atoms with Gasteiger partial charge in [0.2, 0.25) is 0 Å². The zero-order valence-electron chi connectivity index (χ0n) is 11.4. The summed E-state index contributed by atoms with van der Waals surface area (Å²) < 4.78 is 0. The van der Waals surface area contributed by atoms with Crippen LogP contribution in [-0.2, 0) is 0 Å². The quantitative estimate of drug-likeness (QED) is 0.442. The van der Waals surface area contributed by atoms with Crippen LogP contribution < -0.4 is 11.1 Å². The van der Waals surface area contributed by atoms with E-state index < -0.39 is 0 Å². The van der Waals surface area contributed by atoms with E-state index in [0.717, 1.165) is 25.6 Å². The molecule has 3 N–H and O–H groups in total. The first-order chi connectivity index (χ1) is 8.28. The number of hydrogen-bond acceptors (Lipinski definition) is 2. The van der Waals surface area contributed by atoms with Gasteiger partial charge in [-0.05, 0) is 44.2 Å². The highest BCUT2D eigenvalue weighted by Crippen LogP contribution is 2.25. The smallest absolute Gasteiger partial charge is 0.188 e. The summed E-state index contributed by atoms with van der Waals surface area (Å²) in [5.74, 6) is 2.19. The molecule has 1 atom stereocenters. The molecule has 2 rings (SSSR count). The Bertz CT molecular complexity index is 266. The van der Waals surface area contributed by atoms with E-state index in [-0.39, 0.29) is 24.0 Å². The summed E-state index contributed by atoms with van der Waals surface area (Å²) >= 11 is 0. The van der Waals surface area contributed by atoms with Gasteiger partial charge in [0.1, 0.15) is 0 Å². The Hall–Kier alpha value is -0.0400. The summed E-state index contributed by atoms with van der Waals surface area (Å²) in [7, 11) is 0. The Balaban J connectivity index is 0.00000162. The Morgan fingerprint density at radius 2 is 2.11 bits per heavy atom. The summed E-state index contributed by atoms with van der Waals surface area (Å²) in [6, 6.07) is 0. The van der Waals surface area contributed by atoms with Crippen molar-refractivity contribution in [3.8, 4) is 0 Å². The first-order valence-electron chi connectivity index (χ1n) is 7.04. The fourth-order valence-electron chi connectivity index (χ4n) is 2.58. The third-order valence-corrected chi connectivity index (χ3v) is 4.13. The summed E-state index contributed by atoms with van der Waals surface area (Å²) in [6.07, 6.45) is 5.37. The van der Waals surface area contributed by atoms with Gasteiger partial charge in [-0.3, -0.25) is 4.99 Å². The molecule has 4 nitrogen and oxygen atoms in total.